The summed E-state index contributed by atoms with van der Waals surface area (Å²) in [4.78, 5) is 29.8. The van der Waals surface area contributed by atoms with Crippen LogP contribution in [0.15, 0.2) is 12.1 Å². The lowest BCUT2D eigenvalue weighted by Gasteiger charge is -2.38. The molecule has 7 N–H and O–H groups in total. The van der Waals surface area contributed by atoms with E-state index in [1.807, 2.05) is 0 Å². The molecule has 1 aliphatic heterocycles. The number of likely N-dealkylation sites (tertiary alicyclic amines) is 1. The Morgan fingerprint density at radius 3 is 2.64 bits per heavy atom. The number of carbonyl (C=O) groups excluding carboxylic acids is 1. The Morgan fingerprint density at radius 2 is 2.04 bits per heavy atom. The van der Waals surface area contributed by atoms with Crippen molar-refractivity contribution in [1.82, 2.24) is 10.4 Å². The number of carbonyl (C=O) groups is 2. The van der Waals surface area contributed by atoms with E-state index in [1.165, 1.54) is 12.1 Å². The average Bonchev–Trinajstić information content (AvgIpc) is 2.58. The van der Waals surface area contributed by atoms with Crippen molar-refractivity contribution >= 4 is 19.0 Å². The fourth-order valence-corrected chi connectivity index (χ4v) is 2.74. The number of hydrogen-bond donors (Lipinski definition) is 6. The lowest BCUT2D eigenvalue weighted by molar-refractivity contribution is -0.136. The number of aromatic carboxylic acids is 1. The van der Waals surface area contributed by atoms with Crippen LogP contribution in [0.2, 0.25) is 6.32 Å². The number of carboxylic acid groups (broad SMARTS) is 1. The molecule has 0 unspecified atom stereocenters. The zero-order valence-corrected chi connectivity index (χ0v) is 15.2. The number of nitrogens with zero attached hydrogens (tertiary/aromatic N) is 1. The molecule has 1 fully saturated rings. The van der Waals surface area contributed by atoms with E-state index < -0.39 is 18.8 Å². The Hall–Kier alpha value is -2.38. The number of aromatic hydroxyl groups is 1. The summed E-state index contributed by atoms with van der Waals surface area (Å²) in [5.74, 6) is -2.13. The molecular formula is C16H24BN3O8. The number of amides is 1. The van der Waals surface area contributed by atoms with Gasteiger partial charge in [0.05, 0.1) is 13.2 Å². The standard InChI is InChI=1S/C16H24BN3O8/c18-5-6-27-19-13(21)9-20-7-11(8-20)28-12-2-1-10(3-4-17(25)26)15(22)14(12)16(23)24/h1-2,11,22,25-26H,3-9,18H2,(H,19,21)(H,23,24). The third-order valence-electron chi connectivity index (χ3n) is 4.10. The van der Waals surface area contributed by atoms with E-state index in [4.69, 9.17) is 25.4 Å². The molecule has 154 valence electrons. The van der Waals surface area contributed by atoms with Gasteiger partial charge in [-0.2, -0.15) is 0 Å². The fraction of sp³-hybridized carbons (Fsp3) is 0.500. The van der Waals surface area contributed by atoms with Crippen molar-refractivity contribution in [2.75, 3.05) is 32.8 Å². The molecule has 1 heterocycles. The highest BCUT2D eigenvalue weighted by atomic mass is 16.7. The van der Waals surface area contributed by atoms with Gasteiger partial charge in [-0.1, -0.05) is 6.07 Å². The summed E-state index contributed by atoms with van der Waals surface area (Å²) >= 11 is 0. The predicted molar refractivity (Wildman–Crippen MR) is 97.8 cm³/mol. The summed E-state index contributed by atoms with van der Waals surface area (Å²) in [5, 5.41) is 37.5. The lowest BCUT2D eigenvalue weighted by atomic mass is 9.82. The number of carboxylic acids is 1. The van der Waals surface area contributed by atoms with Gasteiger partial charge >= 0.3 is 13.1 Å². The van der Waals surface area contributed by atoms with Crippen LogP contribution in [0.25, 0.3) is 0 Å². The van der Waals surface area contributed by atoms with Gasteiger partial charge in [-0.15, -0.1) is 0 Å². The normalized spacial score (nSPS) is 14.4. The second-order valence-corrected chi connectivity index (χ2v) is 6.37. The maximum Gasteiger partial charge on any atom is 0.451 e. The van der Waals surface area contributed by atoms with Crippen LogP contribution in [-0.4, -0.2) is 83.0 Å². The maximum absolute atomic E-state index is 11.6. The van der Waals surface area contributed by atoms with Crippen LogP contribution < -0.4 is 16.0 Å². The summed E-state index contributed by atoms with van der Waals surface area (Å²) in [7, 11) is -1.55. The minimum atomic E-state index is -1.55. The number of benzene rings is 1. The van der Waals surface area contributed by atoms with Crippen LogP contribution in [0.1, 0.15) is 15.9 Å². The Labute approximate surface area is 161 Å². The summed E-state index contributed by atoms with van der Waals surface area (Å²) < 4.78 is 5.65. The van der Waals surface area contributed by atoms with E-state index in [2.05, 4.69) is 5.48 Å². The average molecular weight is 397 g/mol. The van der Waals surface area contributed by atoms with Gasteiger partial charge in [0, 0.05) is 19.6 Å². The lowest BCUT2D eigenvalue weighted by Crippen LogP contribution is -2.56. The summed E-state index contributed by atoms with van der Waals surface area (Å²) in [6.45, 7) is 1.42. The van der Waals surface area contributed by atoms with Gasteiger partial charge in [0.15, 0.2) is 0 Å². The molecule has 1 saturated heterocycles. The molecule has 11 nitrogen and oxygen atoms in total. The van der Waals surface area contributed by atoms with Crippen LogP contribution >= 0.6 is 0 Å². The first kappa shape index (κ1) is 21.9. The Balaban J connectivity index is 1.91. The SMILES string of the molecule is NCCONC(=O)CN1CC(Oc2ccc(CCB(O)O)c(O)c2C(=O)O)C1. The monoisotopic (exact) mass is 397 g/mol. The molecule has 0 radical (unpaired) electrons. The van der Waals surface area contributed by atoms with Crippen molar-refractivity contribution in [3.63, 3.8) is 0 Å². The van der Waals surface area contributed by atoms with E-state index >= 15 is 0 Å². The Morgan fingerprint density at radius 1 is 1.32 bits per heavy atom. The minimum absolute atomic E-state index is 0.0127. The molecule has 28 heavy (non-hydrogen) atoms. The fourth-order valence-electron chi connectivity index (χ4n) is 2.74. The van der Waals surface area contributed by atoms with Gasteiger partial charge in [0.1, 0.15) is 23.2 Å². The molecule has 0 bridgehead atoms. The zero-order chi connectivity index (χ0) is 20.7. The maximum atomic E-state index is 11.6. The smallest absolute Gasteiger partial charge is 0.451 e. The molecular weight excluding hydrogens is 373 g/mol. The van der Waals surface area contributed by atoms with Crippen LogP contribution in [-0.2, 0) is 16.1 Å². The van der Waals surface area contributed by atoms with Gasteiger partial charge < -0.3 is 30.7 Å². The van der Waals surface area contributed by atoms with E-state index in [1.54, 1.807) is 4.90 Å². The van der Waals surface area contributed by atoms with E-state index in [-0.39, 0.29) is 61.3 Å². The first-order valence-corrected chi connectivity index (χ1v) is 8.75. The predicted octanol–water partition coefficient (Wildman–Crippen LogP) is -1.82. The highest BCUT2D eigenvalue weighted by Gasteiger charge is 2.32. The van der Waals surface area contributed by atoms with Crippen molar-refractivity contribution in [2.45, 2.75) is 18.8 Å². The third kappa shape index (κ3) is 6.07. The van der Waals surface area contributed by atoms with Crippen LogP contribution in [0.4, 0.5) is 0 Å². The Kier molecular flexibility index (Phi) is 8.02. The van der Waals surface area contributed by atoms with Crippen LogP contribution in [0, 0.1) is 0 Å². The highest BCUT2D eigenvalue weighted by molar-refractivity contribution is 6.41. The molecule has 0 atom stereocenters. The third-order valence-corrected chi connectivity index (χ3v) is 4.10. The first-order chi connectivity index (χ1) is 13.3. The van der Waals surface area contributed by atoms with Gasteiger partial charge in [-0.3, -0.25) is 14.5 Å². The van der Waals surface area contributed by atoms with Crippen LogP contribution in [0.5, 0.6) is 11.5 Å². The number of hydrogen-bond acceptors (Lipinski definition) is 9. The number of rotatable bonds is 11. The minimum Gasteiger partial charge on any atom is -0.507 e. The number of hydroxylamine groups is 1. The van der Waals surface area contributed by atoms with Gasteiger partial charge in [0.25, 0.3) is 5.91 Å². The van der Waals surface area contributed by atoms with E-state index in [9.17, 15) is 19.8 Å². The topological polar surface area (TPSA) is 175 Å². The summed E-state index contributed by atoms with van der Waals surface area (Å²) in [6.07, 6.45) is -0.273. The van der Waals surface area contributed by atoms with E-state index in [0.717, 1.165) is 0 Å². The molecule has 1 amide bonds. The van der Waals surface area contributed by atoms with Crippen molar-refractivity contribution in [2.24, 2.45) is 5.73 Å². The van der Waals surface area contributed by atoms with Crippen molar-refractivity contribution in [3.05, 3.63) is 23.3 Å². The molecule has 1 aliphatic rings. The highest BCUT2D eigenvalue weighted by Crippen LogP contribution is 2.33. The van der Waals surface area contributed by atoms with Crippen LogP contribution in [0.3, 0.4) is 0 Å². The van der Waals surface area contributed by atoms with E-state index in [0.29, 0.717) is 13.1 Å². The summed E-state index contributed by atoms with van der Waals surface area (Å²) in [6, 6.07) is 2.91. The number of nitrogens with one attached hydrogen (secondary N) is 1. The van der Waals surface area contributed by atoms with Crippen molar-refractivity contribution in [3.8, 4) is 11.5 Å². The second kappa shape index (κ2) is 10.2. The molecule has 2 rings (SSSR count). The zero-order valence-electron chi connectivity index (χ0n) is 15.2. The Bertz CT molecular complexity index is 697. The number of ether oxygens (including phenoxy) is 1. The molecule has 12 heteroatoms. The number of phenols is 1. The molecule has 1 aromatic carbocycles. The molecule has 0 spiro atoms. The summed E-state index contributed by atoms with van der Waals surface area (Å²) in [5.41, 5.74) is 7.40. The van der Waals surface area contributed by atoms with Crippen molar-refractivity contribution in [1.29, 1.82) is 0 Å². The second-order valence-electron chi connectivity index (χ2n) is 6.37. The number of nitrogens with two attached hydrogens (primary N) is 1. The van der Waals surface area contributed by atoms with Gasteiger partial charge in [0.2, 0.25) is 0 Å². The van der Waals surface area contributed by atoms with Gasteiger partial charge in [-0.25, -0.2) is 10.3 Å². The molecule has 0 aromatic heterocycles. The first-order valence-electron chi connectivity index (χ1n) is 8.75. The quantitative estimate of drug-likeness (QED) is 0.142. The number of aryl methyl sites for hydroxylation is 1. The molecule has 0 aliphatic carbocycles. The van der Waals surface area contributed by atoms with Crippen molar-refractivity contribution < 1.29 is 39.4 Å². The molecule has 1 aromatic rings. The molecule has 0 saturated carbocycles. The van der Waals surface area contributed by atoms with Gasteiger partial charge in [-0.05, 0) is 24.4 Å². The largest absolute Gasteiger partial charge is 0.507 e.